The number of phenols is 1. The van der Waals surface area contributed by atoms with E-state index in [1.807, 2.05) is 6.07 Å². The van der Waals surface area contributed by atoms with E-state index in [0.717, 1.165) is 31.7 Å². The maximum Gasteiger partial charge on any atom is 0.250 e. The number of nitrogens with one attached hydrogen (secondary N) is 1. The molecule has 2 saturated heterocycles. The Kier molecular flexibility index (Phi) is 5.78. The Labute approximate surface area is 162 Å². The second kappa shape index (κ2) is 8.81. The Morgan fingerprint density at radius 3 is 2.11 bits per heavy atom. The van der Waals surface area contributed by atoms with Gasteiger partial charge in [0.15, 0.2) is 0 Å². The lowest BCUT2D eigenvalue weighted by atomic mass is 10.2. The molecular formula is C18H23N7O3. The number of aromatic hydroxyl groups is 1. The molecule has 0 unspecified atom stereocenters. The summed E-state index contributed by atoms with van der Waals surface area (Å²) in [5.41, 5.74) is 3.65. The number of hydrogen-bond donors (Lipinski definition) is 2. The van der Waals surface area contributed by atoms with E-state index >= 15 is 0 Å². The van der Waals surface area contributed by atoms with Crippen molar-refractivity contribution >= 4 is 24.1 Å². The number of anilines is 3. The van der Waals surface area contributed by atoms with Crippen molar-refractivity contribution in [2.75, 3.05) is 67.8 Å². The molecule has 0 spiro atoms. The SMILES string of the molecule is Oc1cccc(/C=N\Nc2nc(N3CCOCC3)nc(N3CCOCC3)n2)c1. The van der Waals surface area contributed by atoms with Crippen LogP contribution in [0.25, 0.3) is 0 Å². The lowest BCUT2D eigenvalue weighted by Gasteiger charge is -2.30. The molecule has 2 fully saturated rings. The highest BCUT2D eigenvalue weighted by molar-refractivity contribution is 5.80. The van der Waals surface area contributed by atoms with Crippen molar-refractivity contribution in [3.63, 3.8) is 0 Å². The molecule has 0 radical (unpaired) electrons. The summed E-state index contributed by atoms with van der Waals surface area (Å²) in [6.45, 7) is 5.54. The Bertz CT molecular complexity index is 784. The van der Waals surface area contributed by atoms with Gasteiger partial charge < -0.3 is 24.4 Å². The fourth-order valence-corrected chi connectivity index (χ4v) is 2.98. The van der Waals surface area contributed by atoms with E-state index in [1.54, 1.807) is 24.4 Å². The number of hydrogen-bond acceptors (Lipinski definition) is 10. The molecule has 1 aromatic carbocycles. The molecule has 2 aliphatic heterocycles. The third-order valence-electron chi connectivity index (χ3n) is 4.45. The summed E-state index contributed by atoms with van der Waals surface area (Å²) < 4.78 is 10.8. The molecule has 2 aliphatic rings. The number of morpholine rings is 2. The summed E-state index contributed by atoms with van der Waals surface area (Å²) in [7, 11) is 0. The first-order valence-electron chi connectivity index (χ1n) is 9.27. The van der Waals surface area contributed by atoms with Gasteiger partial charge in [-0.25, -0.2) is 5.43 Å². The second-order valence-electron chi connectivity index (χ2n) is 6.42. The van der Waals surface area contributed by atoms with Crippen LogP contribution in [0.2, 0.25) is 0 Å². The van der Waals surface area contributed by atoms with E-state index in [1.165, 1.54) is 0 Å². The fourth-order valence-electron chi connectivity index (χ4n) is 2.98. The summed E-state index contributed by atoms with van der Waals surface area (Å²) in [5.74, 6) is 1.77. The van der Waals surface area contributed by atoms with Crippen molar-refractivity contribution in [3.8, 4) is 5.75 Å². The Balaban J connectivity index is 1.55. The maximum atomic E-state index is 9.54. The topological polar surface area (TPSA) is 108 Å². The van der Waals surface area contributed by atoms with Crippen molar-refractivity contribution in [2.24, 2.45) is 5.10 Å². The molecule has 0 aliphatic carbocycles. The molecule has 1 aromatic heterocycles. The summed E-state index contributed by atoms with van der Waals surface area (Å²) >= 11 is 0. The van der Waals surface area contributed by atoms with Crippen LogP contribution in [-0.4, -0.2) is 78.9 Å². The number of phenolic OH excluding ortho intramolecular Hbond substituents is 1. The third kappa shape index (κ3) is 4.65. The highest BCUT2D eigenvalue weighted by atomic mass is 16.5. The predicted molar refractivity (Wildman–Crippen MR) is 105 cm³/mol. The Hall–Kier alpha value is -2.98. The van der Waals surface area contributed by atoms with Crippen LogP contribution in [0.3, 0.4) is 0 Å². The van der Waals surface area contributed by atoms with E-state index in [9.17, 15) is 5.11 Å². The molecule has 3 heterocycles. The van der Waals surface area contributed by atoms with Crippen LogP contribution < -0.4 is 15.2 Å². The smallest absolute Gasteiger partial charge is 0.250 e. The molecule has 0 amide bonds. The standard InChI is InChI=1S/C18H23N7O3/c26-15-3-1-2-14(12-15)13-19-23-16-20-17(24-4-8-27-9-5-24)22-18(21-16)25-6-10-28-11-7-25/h1-3,12-13,26H,4-11H2,(H,20,21,22,23)/b19-13-. The van der Waals surface area contributed by atoms with Gasteiger partial charge in [-0.3, -0.25) is 0 Å². The first-order chi connectivity index (χ1) is 13.8. The van der Waals surface area contributed by atoms with Crippen molar-refractivity contribution in [1.29, 1.82) is 0 Å². The molecule has 148 valence electrons. The second-order valence-corrected chi connectivity index (χ2v) is 6.42. The molecule has 28 heavy (non-hydrogen) atoms. The number of benzene rings is 1. The molecule has 10 heteroatoms. The summed E-state index contributed by atoms with van der Waals surface area (Å²) in [6.07, 6.45) is 1.60. The first-order valence-corrected chi connectivity index (χ1v) is 9.27. The van der Waals surface area contributed by atoms with Gasteiger partial charge in [0.2, 0.25) is 17.8 Å². The average Bonchev–Trinajstić information content (AvgIpc) is 2.75. The number of aromatic nitrogens is 3. The molecule has 0 saturated carbocycles. The quantitative estimate of drug-likeness (QED) is 0.568. The number of hydrazone groups is 1. The normalized spacial score (nSPS) is 17.9. The van der Waals surface area contributed by atoms with Crippen LogP contribution in [0.4, 0.5) is 17.8 Å². The van der Waals surface area contributed by atoms with Crippen LogP contribution in [0, 0.1) is 0 Å². The molecule has 4 rings (SSSR count). The van der Waals surface area contributed by atoms with Crippen LogP contribution in [0.15, 0.2) is 29.4 Å². The fraction of sp³-hybridized carbons (Fsp3) is 0.444. The zero-order chi connectivity index (χ0) is 19.2. The summed E-state index contributed by atoms with van der Waals surface area (Å²) in [5, 5.41) is 13.7. The number of ether oxygens (including phenoxy) is 2. The molecule has 2 N–H and O–H groups in total. The lowest BCUT2D eigenvalue weighted by Crippen LogP contribution is -2.40. The monoisotopic (exact) mass is 385 g/mol. The van der Waals surface area contributed by atoms with Gasteiger partial charge in [0.25, 0.3) is 0 Å². The molecule has 0 atom stereocenters. The van der Waals surface area contributed by atoms with Crippen molar-refractivity contribution in [2.45, 2.75) is 0 Å². The Morgan fingerprint density at radius 2 is 1.54 bits per heavy atom. The van der Waals surface area contributed by atoms with Gasteiger partial charge in [0.05, 0.1) is 32.6 Å². The average molecular weight is 385 g/mol. The Morgan fingerprint density at radius 1 is 0.929 bits per heavy atom. The van der Waals surface area contributed by atoms with Crippen LogP contribution in [-0.2, 0) is 9.47 Å². The van der Waals surface area contributed by atoms with Crippen LogP contribution >= 0.6 is 0 Å². The van der Waals surface area contributed by atoms with Crippen molar-refractivity contribution < 1.29 is 14.6 Å². The largest absolute Gasteiger partial charge is 0.508 e. The van der Waals surface area contributed by atoms with Gasteiger partial charge in [-0.2, -0.15) is 20.1 Å². The predicted octanol–water partition coefficient (Wildman–Crippen LogP) is 0.696. The van der Waals surface area contributed by atoms with Gasteiger partial charge in [-0.05, 0) is 17.7 Å². The molecule has 0 bridgehead atoms. The minimum atomic E-state index is 0.188. The minimum absolute atomic E-state index is 0.188. The van der Waals surface area contributed by atoms with E-state index in [-0.39, 0.29) is 5.75 Å². The van der Waals surface area contributed by atoms with E-state index in [0.29, 0.717) is 44.3 Å². The number of nitrogens with zero attached hydrogens (tertiary/aromatic N) is 6. The highest BCUT2D eigenvalue weighted by Crippen LogP contribution is 2.18. The van der Waals surface area contributed by atoms with Gasteiger partial charge in [0.1, 0.15) is 5.75 Å². The van der Waals surface area contributed by atoms with Gasteiger partial charge in [-0.1, -0.05) is 12.1 Å². The molecular weight excluding hydrogens is 362 g/mol. The van der Waals surface area contributed by atoms with Crippen molar-refractivity contribution in [3.05, 3.63) is 29.8 Å². The van der Waals surface area contributed by atoms with Crippen LogP contribution in [0.1, 0.15) is 5.56 Å². The highest BCUT2D eigenvalue weighted by Gasteiger charge is 2.20. The zero-order valence-electron chi connectivity index (χ0n) is 15.5. The maximum absolute atomic E-state index is 9.54. The van der Waals surface area contributed by atoms with Gasteiger partial charge in [-0.15, -0.1) is 0 Å². The van der Waals surface area contributed by atoms with E-state index in [2.05, 4.69) is 35.3 Å². The summed E-state index contributed by atoms with van der Waals surface area (Å²) in [4.78, 5) is 17.9. The van der Waals surface area contributed by atoms with Crippen LogP contribution in [0.5, 0.6) is 5.75 Å². The third-order valence-corrected chi connectivity index (χ3v) is 4.45. The molecule has 2 aromatic rings. The lowest BCUT2D eigenvalue weighted by molar-refractivity contribution is 0.121. The van der Waals surface area contributed by atoms with Crippen molar-refractivity contribution in [1.82, 2.24) is 15.0 Å². The molecule has 10 nitrogen and oxygen atoms in total. The summed E-state index contributed by atoms with van der Waals surface area (Å²) in [6, 6.07) is 6.83. The number of rotatable bonds is 5. The van der Waals surface area contributed by atoms with Gasteiger partial charge >= 0.3 is 0 Å². The van der Waals surface area contributed by atoms with E-state index < -0.39 is 0 Å². The zero-order valence-corrected chi connectivity index (χ0v) is 15.5. The van der Waals surface area contributed by atoms with E-state index in [4.69, 9.17) is 9.47 Å². The first kappa shape index (κ1) is 18.4. The van der Waals surface area contributed by atoms with Gasteiger partial charge in [0, 0.05) is 26.2 Å². The minimum Gasteiger partial charge on any atom is -0.508 e.